The quantitative estimate of drug-likeness (QED) is 0.898. The molecule has 104 valence electrons. The smallest absolute Gasteiger partial charge is 0.251 e. The number of carbonyl (C=O) groups excluding carboxylic acids is 1. The van der Waals surface area contributed by atoms with Gasteiger partial charge in [-0.25, -0.2) is 4.39 Å². The first kappa shape index (κ1) is 14.5. The van der Waals surface area contributed by atoms with Crippen LogP contribution < -0.4 is 5.32 Å². The summed E-state index contributed by atoms with van der Waals surface area (Å²) in [5.41, 5.74) is 1.77. The van der Waals surface area contributed by atoms with Crippen molar-refractivity contribution in [2.24, 2.45) is 0 Å². The van der Waals surface area contributed by atoms with E-state index in [1.165, 1.54) is 6.07 Å². The van der Waals surface area contributed by atoms with Gasteiger partial charge in [-0.15, -0.1) is 0 Å². The summed E-state index contributed by atoms with van der Waals surface area (Å²) in [7, 11) is 0. The zero-order valence-corrected chi connectivity index (χ0v) is 12.0. The van der Waals surface area contributed by atoms with Crippen molar-refractivity contribution < 1.29 is 9.18 Å². The van der Waals surface area contributed by atoms with Gasteiger partial charge in [-0.2, -0.15) is 0 Å². The highest BCUT2D eigenvalue weighted by Gasteiger charge is 2.12. The van der Waals surface area contributed by atoms with E-state index in [1.807, 2.05) is 19.1 Å². The molecular weight excluding hydrogens is 277 g/mol. The number of nitrogens with one attached hydrogen (secondary N) is 1. The van der Waals surface area contributed by atoms with Crippen molar-refractivity contribution in [1.29, 1.82) is 0 Å². The molecule has 1 amide bonds. The summed E-state index contributed by atoms with van der Waals surface area (Å²) in [6.07, 6.45) is 0. The summed E-state index contributed by atoms with van der Waals surface area (Å²) in [5.74, 6) is -0.678. The third-order valence-corrected chi connectivity index (χ3v) is 3.40. The number of aryl methyl sites for hydroxylation is 1. The Bertz CT molecular complexity index is 625. The molecule has 1 unspecified atom stereocenters. The fourth-order valence-corrected chi connectivity index (χ4v) is 1.97. The maximum absolute atomic E-state index is 13.4. The minimum atomic E-state index is -0.378. The first-order valence-electron chi connectivity index (χ1n) is 6.30. The van der Waals surface area contributed by atoms with Crippen LogP contribution in [0.15, 0.2) is 42.5 Å². The Morgan fingerprint density at radius 1 is 1.20 bits per heavy atom. The van der Waals surface area contributed by atoms with Crippen LogP contribution in [0.2, 0.25) is 5.02 Å². The Balaban J connectivity index is 2.10. The topological polar surface area (TPSA) is 29.1 Å². The number of carbonyl (C=O) groups is 1. The second-order valence-electron chi connectivity index (χ2n) is 4.71. The average Bonchev–Trinajstić information content (AvgIpc) is 2.42. The first-order valence-corrected chi connectivity index (χ1v) is 6.67. The van der Waals surface area contributed by atoms with Crippen molar-refractivity contribution in [2.75, 3.05) is 0 Å². The maximum atomic E-state index is 13.4. The lowest BCUT2D eigenvalue weighted by Crippen LogP contribution is -2.26. The van der Waals surface area contributed by atoms with Gasteiger partial charge in [0, 0.05) is 10.6 Å². The van der Waals surface area contributed by atoms with Crippen LogP contribution in [-0.4, -0.2) is 5.91 Å². The van der Waals surface area contributed by atoms with Crippen LogP contribution in [0.3, 0.4) is 0 Å². The van der Waals surface area contributed by atoms with E-state index in [-0.39, 0.29) is 17.8 Å². The summed E-state index contributed by atoms with van der Waals surface area (Å²) >= 11 is 5.82. The molecule has 0 fully saturated rings. The molecule has 1 N–H and O–H groups in total. The van der Waals surface area contributed by atoms with Crippen LogP contribution in [0.1, 0.15) is 34.5 Å². The van der Waals surface area contributed by atoms with Crippen LogP contribution in [0.4, 0.5) is 4.39 Å². The molecule has 1 atom stereocenters. The molecule has 4 heteroatoms. The van der Waals surface area contributed by atoms with Crippen molar-refractivity contribution in [3.8, 4) is 0 Å². The summed E-state index contributed by atoms with van der Waals surface area (Å²) < 4.78 is 13.4. The van der Waals surface area contributed by atoms with Crippen LogP contribution >= 0.6 is 11.6 Å². The SMILES string of the molecule is Cc1ccc(C(=O)NC(C)c2ccc(Cl)cc2)cc1F. The molecule has 0 radical (unpaired) electrons. The van der Waals surface area contributed by atoms with E-state index < -0.39 is 0 Å². The zero-order valence-electron chi connectivity index (χ0n) is 11.3. The lowest BCUT2D eigenvalue weighted by atomic mass is 10.1. The van der Waals surface area contributed by atoms with Crippen molar-refractivity contribution >= 4 is 17.5 Å². The predicted octanol–water partition coefficient (Wildman–Crippen LogP) is 4.28. The molecule has 0 spiro atoms. The number of hydrogen-bond acceptors (Lipinski definition) is 1. The van der Waals surface area contributed by atoms with Gasteiger partial charge in [0.25, 0.3) is 5.91 Å². The van der Waals surface area contributed by atoms with Crippen molar-refractivity contribution in [2.45, 2.75) is 19.9 Å². The van der Waals surface area contributed by atoms with Gasteiger partial charge in [0.1, 0.15) is 5.82 Å². The van der Waals surface area contributed by atoms with Gasteiger partial charge in [-0.1, -0.05) is 29.8 Å². The predicted molar refractivity (Wildman–Crippen MR) is 78.5 cm³/mol. The Labute approximate surface area is 122 Å². The van der Waals surface area contributed by atoms with Gasteiger partial charge in [-0.05, 0) is 49.2 Å². The molecule has 0 aliphatic carbocycles. The third kappa shape index (κ3) is 3.36. The van der Waals surface area contributed by atoms with Crippen LogP contribution in [0.5, 0.6) is 0 Å². The van der Waals surface area contributed by atoms with Gasteiger partial charge < -0.3 is 5.32 Å². The molecule has 0 saturated heterocycles. The fourth-order valence-electron chi connectivity index (χ4n) is 1.85. The molecule has 20 heavy (non-hydrogen) atoms. The lowest BCUT2D eigenvalue weighted by molar-refractivity contribution is 0.0939. The van der Waals surface area contributed by atoms with E-state index in [0.29, 0.717) is 16.1 Å². The van der Waals surface area contributed by atoms with Gasteiger partial charge in [0.05, 0.1) is 6.04 Å². The first-order chi connectivity index (χ1) is 9.47. The lowest BCUT2D eigenvalue weighted by Gasteiger charge is -2.14. The summed E-state index contributed by atoms with van der Waals surface area (Å²) in [6.45, 7) is 3.53. The second-order valence-corrected chi connectivity index (χ2v) is 5.15. The number of amides is 1. The molecular formula is C16H15ClFNO. The number of hydrogen-bond donors (Lipinski definition) is 1. The highest BCUT2D eigenvalue weighted by atomic mass is 35.5. The third-order valence-electron chi connectivity index (χ3n) is 3.15. The molecule has 0 bridgehead atoms. The molecule has 2 nitrogen and oxygen atoms in total. The highest BCUT2D eigenvalue weighted by Crippen LogP contribution is 2.17. The Hall–Kier alpha value is -1.87. The molecule has 0 aliphatic rings. The second kappa shape index (κ2) is 6.06. The Morgan fingerprint density at radius 2 is 1.85 bits per heavy atom. The van der Waals surface area contributed by atoms with Crippen molar-refractivity contribution in [1.82, 2.24) is 5.32 Å². The van der Waals surface area contributed by atoms with E-state index in [2.05, 4.69) is 5.32 Å². The monoisotopic (exact) mass is 291 g/mol. The molecule has 2 rings (SSSR count). The van der Waals surface area contributed by atoms with Gasteiger partial charge in [0.15, 0.2) is 0 Å². The van der Waals surface area contributed by atoms with E-state index in [9.17, 15) is 9.18 Å². The van der Waals surface area contributed by atoms with Crippen molar-refractivity contribution in [3.63, 3.8) is 0 Å². The van der Waals surface area contributed by atoms with Crippen LogP contribution in [0.25, 0.3) is 0 Å². The summed E-state index contributed by atoms with van der Waals surface area (Å²) in [4.78, 5) is 12.1. The molecule has 0 heterocycles. The van der Waals surface area contributed by atoms with E-state index in [0.717, 1.165) is 5.56 Å². The number of benzene rings is 2. The molecule has 0 saturated carbocycles. The normalized spacial score (nSPS) is 12.0. The largest absolute Gasteiger partial charge is 0.346 e. The molecule has 0 aliphatic heterocycles. The zero-order chi connectivity index (χ0) is 14.7. The van der Waals surface area contributed by atoms with Crippen LogP contribution in [-0.2, 0) is 0 Å². The maximum Gasteiger partial charge on any atom is 0.251 e. The summed E-state index contributed by atoms with van der Waals surface area (Å²) in [5, 5.41) is 3.48. The average molecular weight is 292 g/mol. The van der Waals surface area contributed by atoms with Gasteiger partial charge in [-0.3, -0.25) is 4.79 Å². The van der Waals surface area contributed by atoms with Gasteiger partial charge >= 0.3 is 0 Å². The Morgan fingerprint density at radius 3 is 2.45 bits per heavy atom. The van der Waals surface area contributed by atoms with Crippen molar-refractivity contribution in [3.05, 3.63) is 70.0 Å². The fraction of sp³-hybridized carbons (Fsp3) is 0.188. The van der Waals surface area contributed by atoms with E-state index in [4.69, 9.17) is 11.6 Å². The molecule has 2 aromatic rings. The highest BCUT2D eigenvalue weighted by molar-refractivity contribution is 6.30. The Kier molecular flexibility index (Phi) is 4.40. The minimum absolute atomic E-state index is 0.177. The number of halogens is 2. The molecule has 0 aromatic heterocycles. The minimum Gasteiger partial charge on any atom is -0.346 e. The van der Waals surface area contributed by atoms with E-state index >= 15 is 0 Å². The van der Waals surface area contributed by atoms with E-state index in [1.54, 1.807) is 31.2 Å². The number of rotatable bonds is 3. The molecule has 2 aromatic carbocycles. The summed E-state index contributed by atoms with van der Waals surface area (Å²) in [6, 6.07) is 11.5. The standard InChI is InChI=1S/C16H15ClFNO/c1-10-3-4-13(9-15(10)18)16(20)19-11(2)12-5-7-14(17)8-6-12/h3-9,11H,1-2H3,(H,19,20). The van der Waals surface area contributed by atoms with Gasteiger partial charge in [0.2, 0.25) is 0 Å². The van der Waals surface area contributed by atoms with Crippen LogP contribution in [0, 0.1) is 12.7 Å².